The molecule has 1 aliphatic heterocycles. The first kappa shape index (κ1) is 14.2. The van der Waals surface area contributed by atoms with Crippen LogP contribution in [-0.2, 0) is 0 Å². The van der Waals surface area contributed by atoms with Crippen molar-refractivity contribution in [1.29, 1.82) is 0 Å². The number of furan rings is 1. The summed E-state index contributed by atoms with van der Waals surface area (Å²) in [5.41, 5.74) is 0.745. The summed E-state index contributed by atoms with van der Waals surface area (Å²) in [7, 11) is 0. The molecule has 1 saturated heterocycles. The Kier molecular flexibility index (Phi) is 3.94. The number of nitrogens with one attached hydrogen (secondary N) is 2. The van der Waals surface area contributed by atoms with Gasteiger partial charge in [0, 0.05) is 6.54 Å². The van der Waals surface area contributed by atoms with E-state index in [9.17, 15) is 0 Å². The fourth-order valence-electron chi connectivity index (χ4n) is 3.22. The van der Waals surface area contributed by atoms with Crippen LogP contribution in [0.2, 0.25) is 0 Å². The first-order valence-electron chi connectivity index (χ1n) is 8.07. The van der Waals surface area contributed by atoms with Crippen LogP contribution in [0.25, 0.3) is 11.0 Å². The van der Waals surface area contributed by atoms with Crippen molar-refractivity contribution in [1.82, 2.24) is 25.1 Å². The second-order valence-corrected chi connectivity index (χ2v) is 5.86. The molecule has 3 aromatic heterocycles. The van der Waals surface area contributed by atoms with Gasteiger partial charge in [0.05, 0.1) is 23.9 Å². The molecule has 1 fully saturated rings. The lowest BCUT2D eigenvalue weighted by molar-refractivity contribution is 0.153. The lowest BCUT2D eigenvalue weighted by Gasteiger charge is -2.33. The highest BCUT2D eigenvalue weighted by Crippen LogP contribution is 2.26. The molecular weight excluding hydrogens is 292 g/mol. The Morgan fingerprint density at radius 3 is 3.00 bits per heavy atom. The smallest absolute Gasteiger partial charge is 0.160 e. The predicted molar refractivity (Wildman–Crippen MR) is 87.0 cm³/mol. The van der Waals surface area contributed by atoms with Gasteiger partial charge in [0.25, 0.3) is 0 Å². The second-order valence-electron chi connectivity index (χ2n) is 5.86. The zero-order valence-electron chi connectivity index (χ0n) is 12.9. The molecule has 1 atom stereocenters. The van der Waals surface area contributed by atoms with Crippen LogP contribution in [0.4, 0.5) is 5.82 Å². The van der Waals surface area contributed by atoms with Gasteiger partial charge in [-0.15, -0.1) is 0 Å². The third-order valence-electron chi connectivity index (χ3n) is 4.41. The Morgan fingerprint density at radius 1 is 1.26 bits per heavy atom. The average molecular weight is 312 g/mol. The molecule has 1 aliphatic rings. The van der Waals surface area contributed by atoms with E-state index in [-0.39, 0.29) is 6.04 Å². The van der Waals surface area contributed by atoms with E-state index in [1.165, 1.54) is 19.3 Å². The number of aromatic amines is 1. The zero-order valence-corrected chi connectivity index (χ0v) is 12.9. The lowest BCUT2D eigenvalue weighted by atomic mass is 10.1. The van der Waals surface area contributed by atoms with Gasteiger partial charge in [0.1, 0.15) is 17.9 Å². The zero-order chi connectivity index (χ0) is 15.5. The van der Waals surface area contributed by atoms with Gasteiger partial charge in [-0.2, -0.15) is 5.10 Å². The summed E-state index contributed by atoms with van der Waals surface area (Å²) < 4.78 is 5.68. The van der Waals surface area contributed by atoms with Crippen LogP contribution in [0.3, 0.4) is 0 Å². The number of H-pyrrole nitrogens is 1. The maximum Gasteiger partial charge on any atom is 0.160 e. The minimum Gasteiger partial charge on any atom is -0.468 e. The number of piperidine rings is 1. The minimum absolute atomic E-state index is 0.210. The fraction of sp³-hybridized carbons (Fsp3) is 0.438. The number of likely N-dealkylation sites (tertiary alicyclic amines) is 1. The van der Waals surface area contributed by atoms with Crippen molar-refractivity contribution in [2.45, 2.75) is 25.3 Å². The van der Waals surface area contributed by atoms with E-state index in [4.69, 9.17) is 4.42 Å². The normalized spacial score (nSPS) is 17.4. The third kappa shape index (κ3) is 2.92. The summed E-state index contributed by atoms with van der Waals surface area (Å²) in [5, 5.41) is 11.3. The standard InChI is InChI=1S/C16H20N6O/c1-2-6-22(7-3-1)13(14-5-4-8-23-14)10-17-15-12-9-20-21-16(12)19-11-18-15/h4-5,8-9,11,13H,1-3,6-7,10H2,(H2,17,18,19,20,21)/t13-/m0/s1. The largest absolute Gasteiger partial charge is 0.468 e. The molecule has 7 heteroatoms. The van der Waals surface area contributed by atoms with Gasteiger partial charge in [0.2, 0.25) is 0 Å². The summed E-state index contributed by atoms with van der Waals surface area (Å²) >= 11 is 0. The highest BCUT2D eigenvalue weighted by atomic mass is 16.3. The number of nitrogens with zero attached hydrogens (tertiary/aromatic N) is 4. The quantitative estimate of drug-likeness (QED) is 0.753. The van der Waals surface area contributed by atoms with Gasteiger partial charge in [-0.3, -0.25) is 10.00 Å². The van der Waals surface area contributed by atoms with E-state index in [0.29, 0.717) is 0 Å². The van der Waals surface area contributed by atoms with E-state index in [0.717, 1.165) is 42.2 Å². The minimum atomic E-state index is 0.210. The van der Waals surface area contributed by atoms with Crippen molar-refractivity contribution in [3.05, 3.63) is 36.7 Å². The first-order chi connectivity index (χ1) is 11.4. The Hall–Kier alpha value is -2.41. The summed E-state index contributed by atoms with van der Waals surface area (Å²) in [6.45, 7) is 2.96. The molecule has 0 aliphatic carbocycles. The molecule has 0 bridgehead atoms. The maximum atomic E-state index is 5.68. The summed E-state index contributed by atoms with van der Waals surface area (Å²) in [6.07, 6.45) is 8.85. The third-order valence-corrected chi connectivity index (χ3v) is 4.41. The average Bonchev–Trinajstić information content (AvgIpc) is 3.28. The Balaban J connectivity index is 1.54. The molecule has 2 N–H and O–H groups in total. The number of hydrogen-bond donors (Lipinski definition) is 2. The number of anilines is 1. The van der Waals surface area contributed by atoms with Crippen molar-refractivity contribution in [2.75, 3.05) is 25.0 Å². The number of fused-ring (bicyclic) bond motifs is 1. The lowest BCUT2D eigenvalue weighted by Crippen LogP contribution is -2.37. The SMILES string of the molecule is c1coc([C@H](CNc2ncnc3[nH]ncc23)N2CCCCC2)c1. The molecule has 4 rings (SSSR count). The molecule has 0 unspecified atom stereocenters. The van der Waals surface area contributed by atoms with E-state index in [1.807, 2.05) is 12.1 Å². The monoisotopic (exact) mass is 312 g/mol. The molecule has 7 nitrogen and oxygen atoms in total. The molecule has 23 heavy (non-hydrogen) atoms. The molecule has 4 heterocycles. The maximum absolute atomic E-state index is 5.68. The topological polar surface area (TPSA) is 82.9 Å². The molecular formula is C16H20N6O. The van der Waals surface area contributed by atoms with Crippen LogP contribution in [0, 0.1) is 0 Å². The molecule has 3 aromatic rings. The Bertz CT molecular complexity index is 747. The molecule has 0 saturated carbocycles. The van der Waals surface area contributed by atoms with Gasteiger partial charge in [-0.1, -0.05) is 6.42 Å². The van der Waals surface area contributed by atoms with Crippen molar-refractivity contribution in [3.63, 3.8) is 0 Å². The highest BCUT2D eigenvalue weighted by molar-refractivity contribution is 5.85. The van der Waals surface area contributed by atoms with Crippen LogP contribution in [-0.4, -0.2) is 44.7 Å². The van der Waals surface area contributed by atoms with Gasteiger partial charge in [-0.05, 0) is 38.1 Å². The number of hydrogen-bond acceptors (Lipinski definition) is 6. The molecule has 0 amide bonds. The van der Waals surface area contributed by atoms with E-state index in [1.54, 1.807) is 18.8 Å². The summed E-state index contributed by atoms with van der Waals surface area (Å²) in [6, 6.07) is 4.21. The van der Waals surface area contributed by atoms with Crippen LogP contribution in [0.5, 0.6) is 0 Å². The van der Waals surface area contributed by atoms with E-state index < -0.39 is 0 Å². The van der Waals surface area contributed by atoms with Crippen LogP contribution in [0.1, 0.15) is 31.1 Å². The van der Waals surface area contributed by atoms with Crippen molar-refractivity contribution >= 4 is 16.9 Å². The van der Waals surface area contributed by atoms with Crippen molar-refractivity contribution in [2.24, 2.45) is 0 Å². The first-order valence-corrected chi connectivity index (χ1v) is 8.07. The second kappa shape index (κ2) is 6.37. The Morgan fingerprint density at radius 2 is 2.17 bits per heavy atom. The fourth-order valence-corrected chi connectivity index (χ4v) is 3.22. The van der Waals surface area contributed by atoms with Crippen molar-refractivity contribution in [3.8, 4) is 0 Å². The van der Waals surface area contributed by atoms with Gasteiger partial charge >= 0.3 is 0 Å². The number of aromatic nitrogens is 4. The van der Waals surface area contributed by atoms with Gasteiger partial charge in [-0.25, -0.2) is 9.97 Å². The number of rotatable bonds is 5. The van der Waals surface area contributed by atoms with E-state index in [2.05, 4.69) is 30.4 Å². The molecule has 120 valence electrons. The van der Waals surface area contributed by atoms with E-state index >= 15 is 0 Å². The summed E-state index contributed by atoms with van der Waals surface area (Å²) in [5.74, 6) is 1.80. The predicted octanol–water partition coefficient (Wildman–Crippen LogP) is 2.58. The van der Waals surface area contributed by atoms with Crippen LogP contribution >= 0.6 is 0 Å². The molecule has 0 radical (unpaired) electrons. The molecule has 0 aromatic carbocycles. The van der Waals surface area contributed by atoms with Gasteiger partial charge in [0.15, 0.2) is 5.65 Å². The highest BCUT2D eigenvalue weighted by Gasteiger charge is 2.24. The van der Waals surface area contributed by atoms with Crippen LogP contribution in [0.15, 0.2) is 35.3 Å². The Labute approximate surface area is 134 Å². The summed E-state index contributed by atoms with van der Waals surface area (Å²) in [4.78, 5) is 11.0. The van der Waals surface area contributed by atoms with Crippen molar-refractivity contribution < 1.29 is 4.42 Å². The van der Waals surface area contributed by atoms with Crippen LogP contribution < -0.4 is 5.32 Å². The molecule has 0 spiro atoms. The van der Waals surface area contributed by atoms with Gasteiger partial charge < -0.3 is 9.73 Å².